The van der Waals surface area contributed by atoms with Gasteiger partial charge in [0.05, 0.1) is 18.3 Å². The maximum atomic E-state index is 12.3. The lowest BCUT2D eigenvalue weighted by Crippen LogP contribution is -2.62. The summed E-state index contributed by atoms with van der Waals surface area (Å²) in [6.45, 7) is 7.95. The van der Waals surface area contributed by atoms with Crippen molar-refractivity contribution in [3.05, 3.63) is 0 Å². The quantitative estimate of drug-likeness (QED) is 0.801. The Labute approximate surface area is 103 Å². The Morgan fingerprint density at radius 3 is 2.65 bits per heavy atom. The van der Waals surface area contributed by atoms with Gasteiger partial charge in [0.1, 0.15) is 0 Å². The fourth-order valence-corrected chi connectivity index (χ4v) is 3.30. The Bertz CT molecular complexity index is 349. The van der Waals surface area contributed by atoms with Crippen LogP contribution in [0.5, 0.6) is 0 Å². The molecule has 4 nitrogen and oxygen atoms in total. The predicted octanol–water partition coefficient (Wildman–Crippen LogP) is 1.11. The van der Waals surface area contributed by atoms with Gasteiger partial charge in [0, 0.05) is 18.1 Å². The van der Waals surface area contributed by atoms with Gasteiger partial charge in [0.2, 0.25) is 5.91 Å². The van der Waals surface area contributed by atoms with E-state index in [1.165, 1.54) is 0 Å². The smallest absolute Gasteiger partial charge is 0.244 e. The lowest BCUT2D eigenvalue weighted by atomic mass is 9.63. The van der Waals surface area contributed by atoms with E-state index in [1.54, 1.807) is 0 Å². The summed E-state index contributed by atoms with van der Waals surface area (Å²) in [4.78, 5) is 14.3. The zero-order valence-corrected chi connectivity index (χ0v) is 11.0. The first-order chi connectivity index (χ1) is 8.01. The summed E-state index contributed by atoms with van der Waals surface area (Å²) in [5.41, 5.74) is -0.0689. The maximum Gasteiger partial charge on any atom is 0.244 e. The molecule has 4 heteroatoms. The van der Waals surface area contributed by atoms with Crippen molar-refractivity contribution in [2.24, 2.45) is 5.41 Å². The van der Waals surface area contributed by atoms with E-state index in [0.29, 0.717) is 18.1 Å². The molecule has 17 heavy (non-hydrogen) atoms. The molecular weight excluding hydrogens is 216 g/mol. The molecule has 2 atom stereocenters. The van der Waals surface area contributed by atoms with Crippen molar-refractivity contribution < 1.29 is 9.53 Å². The normalized spacial score (nSPS) is 37.4. The molecule has 96 valence electrons. The standard InChI is InChI=1S/C13H22N2O2/c1-4-17-10-7-9(12(10,2)3)15-8-14-13(5-6-13)11(15)16/h9-10,14H,4-8H2,1-3H3. The Hall–Kier alpha value is -0.610. The number of carbonyl (C=O) groups is 1. The number of hydrogen-bond donors (Lipinski definition) is 1. The molecule has 2 unspecified atom stereocenters. The first-order valence-electron chi connectivity index (χ1n) is 6.69. The van der Waals surface area contributed by atoms with Gasteiger partial charge in [-0.2, -0.15) is 0 Å². The summed E-state index contributed by atoms with van der Waals surface area (Å²) >= 11 is 0. The van der Waals surface area contributed by atoms with Gasteiger partial charge >= 0.3 is 0 Å². The Kier molecular flexibility index (Phi) is 2.33. The van der Waals surface area contributed by atoms with Crippen LogP contribution >= 0.6 is 0 Å². The molecule has 3 fully saturated rings. The number of hydrogen-bond acceptors (Lipinski definition) is 3. The molecule has 0 aromatic heterocycles. The lowest BCUT2D eigenvalue weighted by molar-refractivity contribution is -0.163. The van der Waals surface area contributed by atoms with E-state index in [0.717, 1.165) is 32.5 Å². The molecule has 1 spiro atoms. The van der Waals surface area contributed by atoms with E-state index in [4.69, 9.17) is 4.74 Å². The molecule has 2 saturated carbocycles. The summed E-state index contributed by atoms with van der Waals surface area (Å²) in [7, 11) is 0. The molecule has 0 bridgehead atoms. The van der Waals surface area contributed by atoms with Crippen LogP contribution in [0, 0.1) is 5.41 Å². The van der Waals surface area contributed by atoms with E-state index in [-0.39, 0.29) is 11.0 Å². The third-order valence-electron chi connectivity index (χ3n) is 4.88. The van der Waals surface area contributed by atoms with E-state index >= 15 is 0 Å². The monoisotopic (exact) mass is 238 g/mol. The molecule has 3 rings (SSSR count). The van der Waals surface area contributed by atoms with Gasteiger partial charge in [0.25, 0.3) is 0 Å². The second-order valence-electron chi connectivity index (χ2n) is 6.21. The van der Waals surface area contributed by atoms with Crippen LogP contribution in [0.1, 0.15) is 40.0 Å². The molecule has 1 heterocycles. The molecule has 1 saturated heterocycles. The van der Waals surface area contributed by atoms with Crippen LogP contribution < -0.4 is 5.32 Å². The van der Waals surface area contributed by atoms with Gasteiger partial charge in [-0.1, -0.05) is 13.8 Å². The van der Waals surface area contributed by atoms with Crippen LogP contribution in [0.25, 0.3) is 0 Å². The number of ether oxygens (including phenoxy) is 1. The SMILES string of the molecule is CCOC1CC(N2CNC3(CC3)C2=O)C1(C)C. The average molecular weight is 238 g/mol. The molecule has 0 aromatic rings. The fourth-order valence-electron chi connectivity index (χ4n) is 3.30. The Balaban J connectivity index is 1.69. The summed E-state index contributed by atoms with van der Waals surface area (Å²) in [5.74, 6) is 0.325. The van der Waals surface area contributed by atoms with Gasteiger partial charge in [-0.15, -0.1) is 0 Å². The van der Waals surface area contributed by atoms with Gasteiger partial charge in [-0.3, -0.25) is 10.1 Å². The molecule has 0 aromatic carbocycles. The number of nitrogens with one attached hydrogen (secondary N) is 1. The maximum absolute atomic E-state index is 12.3. The molecule has 1 amide bonds. The van der Waals surface area contributed by atoms with Crippen molar-refractivity contribution >= 4 is 5.91 Å². The van der Waals surface area contributed by atoms with E-state index in [2.05, 4.69) is 19.2 Å². The van der Waals surface area contributed by atoms with Gasteiger partial charge in [0.15, 0.2) is 0 Å². The van der Waals surface area contributed by atoms with Crippen molar-refractivity contribution in [2.45, 2.75) is 57.7 Å². The van der Waals surface area contributed by atoms with Crippen LogP contribution in [-0.2, 0) is 9.53 Å². The highest BCUT2D eigenvalue weighted by atomic mass is 16.5. The summed E-state index contributed by atoms with van der Waals surface area (Å²) in [6.07, 6.45) is 3.33. The second-order valence-corrected chi connectivity index (χ2v) is 6.21. The first-order valence-corrected chi connectivity index (χ1v) is 6.69. The number of amides is 1. The summed E-state index contributed by atoms with van der Waals surface area (Å²) in [6, 6.07) is 0.346. The molecule has 1 aliphatic heterocycles. The molecular formula is C13H22N2O2. The number of rotatable bonds is 3. The van der Waals surface area contributed by atoms with Gasteiger partial charge in [-0.25, -0.2) is 0 Å². The van der Waals surface area contributed by atoms with Gasteiger partial charge in [-0.05, 0) is 26.2 Å². The van der Waals surface area contributed by atoms with Crippen molar-refractivity contribution in [3.8, 4) is 0 Å². The largest absolute Gasteiger partial charge is 0.378 e. The molecule has 2 aliphatic carbocycles. The third kappa shape index (κ3) is 1.47. The van der Waals surface area contributed by atoms with Crippen LogP contribution in [0.15, 0.2) is 0 Å². The van der Waals surface area contributed by atoms with Crippen LogP contribution in [0.4, 0.5) is 0 Å². The van der Waals surface area contributed by atoms with Crippen LogP contribution in [-0.4, -0.2) is 41.8 Å². The fraction of sp³-hybridized carbons (Fsp3) is 0.923. The minimum Gasteiger partial charge on any atom is -0.378 e. The van der Waals surface area contributed by atoms with Crippen molar-refractivity contribution in [3.63, 3.8) is 0 Å². The zero-order valence-electron chi connectivity index (χ0n) is 11.0. The number of nitrogens with zero attached hydrogens (tertiary/aromatic N) is 1. The summed E-state index contributed by atoms with van der Waals surface area (Å²) < 4.78 is 5.73. The van der Waals surface area contributed by atoms with E-state index in [1.807, 2.05) is 11.8 Å². The van der Waals surface area contributed by atoms with E-state index < -0.39 is 0 Å². The summed E-state index contributed by atoms with van der Waals surface area (Å²) in [5, 5.41) is 3.38. The Morgan fingerprint density at radius 1 is 1.47 bits per heavy atom. The lowest BCUT2D eigenvalue weighted by Gasteiger charge is -2.54. The van der Waals surface area contributed by atoms with E-state index in [9.17, 15) is 4.79 Å². The third-order valence-corrected chi connectivity index (χ3v) is 4.88. The number of carbonyl (C=O) groups excluding carboxylic acids is 1. The predicted molar refractivity (Wildman–Crippen MR) is 64.4 cm³/mol. The van der Waals surface area contributed by atoms with Crippen LogP contribution in [0.3, 0.4) is 0 Å². The van der Waals surface area contributed by atoms with Crippen molar-refractivity contribution in [1.29, 1.82) is 0 Å². The van der Waals surface area contributed by atoms with Crippen molar-refractivity contribution in [2.75, 3.05) is 13.3 Å². The highest BCUT2D eigenvalue weighted by Crippen LogP contribution is 2.49. The highest BCUT2D eigenvalue weighted by molar-refractivity contribution is 5.91. The molecule has 3 aliphatic rings. The minimum absolute atomic E-state index is 0.0910. The minimum atomic E-state index is -0.160. The highest BCUT2D eigenvalue weighted by Gasteiger charge is 2.61. The molecule has 1 N–H and O–H groups in total. The Morgan fingerprint density at radius 2 is 2.18 bits per heavy atom. The van der Waals surface area contributed by atoms with Crippen LogP contribution in [0.2, 0.25) is 0 Å². The second kappa shape index (κ2) is 3.45. The van der Waals surface area contributed by atoms with Gasteiger partial charge < -0.3 is 9.64 Å². The van der Waals surface area contributed by atoms with Crippen molar-refractivity contribution in [1.82, 2.24) is 10.2 Å². The first kappa shape index (κ1) is 11.5. The average Bonchev–Trinajstić information content (AvgIpc) is 3.00. The zero-order chi connectivity index (χ0) is 12.3. The molecule has 0 radical (unpaired) electrons. The topological polar surface area (TPSA) is 41.6 Å².